The molecule has 2 aromatic rings. The van der Waals surface area contributed by atoms with E-state index in [-0.39, 0.29) is 5.56 Å². The summed E-state index contributed by atoms with van der Waals surface area (Å²) in [7, 11) is 0. The van der Waals surface area contributed by atoms with Crippen LogP contribution in [0, 0.1) is 5.82 Å². The fraction of sp³-hybridized carbons (Fsp3) is 0.273. The number of nitrogens with zero attached hydrogens (tertiary/aromatic N) is 2. The Morgan fingerprint density at radius 2 is 1.41 bits per heavy atom. The molecule has 0 amide bonds. The van der Waals surface area contributed by atoms with Gasteiger partial charge in [-0.05, 0) is 24.3 Å². The third kappa shape index (κ3) is 2.50. The van der Waals surface area contributed by atoms with Crippen molar-refractivity contribution in [3.63, 3.8) is 0 Å². The van der Waals surface area contributed by atoms with E-state index in [0.717, 1.165) is 24.3 Å². The summed E-state index contributed by atoms with van der Waals surface area (Å²) in [6.07, 6.45) is -6.51. The van der Waals surface area contributed by atoms with E-state index in [2.05, 4.69) is 14.7 Å². The summed E-state index contributed by atoms with van der Waals surface area (Å²) >= 11 is 0. The molecular formula is C11H4F8N2O. The molecule has 0 saturated carbocycles. The molecule has 0 N–H and O–H groups in total. The summed E-state index contributed by atoms with van der Waals surface area (Å²) in [6.45, 7) is 0. The molecule has 1 aromatic carbocycles. The highest BCUT2D eigenvalue weighted by atomic mass is 19.4. The fourth-order valence-corrected chi connectivity index (χ4v) is 1.38. The van der Waals surface area contributed by atoms with E-state index in [9.17, 15) is 35.1 Å². The van der Waals surface area contributed by atoms with E-state index in [0.29, 0.717) is 0 Å². The Morgan fingerprint density at radius 3 is 1.91 bits per heavy atom. The largest absolute Gasteiger partial charge is 0.460 e. The summed E-state index contributed by atoms with van der Waals surface area (Å²) in [5, 5.41) is 2.89. The fourth-order valence-electron chi connectivity index (χ4n) is 1.38. The first-order valence-electron chi connectivity index (χ1n) is 5.39. The van der Waals surface area contributed by atoms with Crippen LogP contribution in [0.25, 0.3) is 11.4 Å². The highest BCUT2D eigenvalue weighted by Gasteiger charge is 2.76. The first kappa shape index (κ1) is 16.2. The molecule has 0 bridgehead atoms. The summed E-state index contributed by atoms with van der Waals surface area (Å²) in [6, 6.07) is 3.77. The molecule has 0 saturated heterocycles. The molecule has 0 aliphatic rings. The van der Waals surface area contributed by atoms with Crippen LogP contribution in [0.1, 0.15) is 5.89 Å². The molecule has 2 rings (SSSR count). The summed E-state index contributed by atoms with van der Waals surface area (Å²) in [5.41, 5.74) is -0.109. The predicted octanol–water partition coefficient (Wildman–Crippen LogP) is 4.17. The van der Waals surface area contributed by atoms with Gasteiger partial charge in [0.2, 0.25) is 5.82 Å². The monoisotopic (exact) mass is 332 g/mol. The van der Waals surface area contributed by atoms with Gasteiger partial charge in [0.25, 0.3) is 0 Å². The Kier molecular flexibility index (Phi) is 3.62. The van der Waals surface area contributed by atoms with Gasteiger partial charge < -0.3 is 4.52 Å². The second-order valence-corrected chi connectivity index (χ2v) is 4.08. The lowest BCUT2D eigenvalue weighted by Gasteiger charge is -2.25. The molecule has 1 aromatic heterocycles. The summed E-state index contributed by atoms with van der Waals surface area (Å²) < 4.78 is 105. The van der Waals surface area contributed by atoms with Crippen LogP contribution in [0.5, 0.6) is 0 Å². The summed E-state index contributed by atoms with van der Waals surface area (Å²) in [5.74, 6) is -15.7. The van der Waals surface area contributed by atoms with Gasteiger partial charge in [0.1, 0.15) is 5.82 Å². The molecule has 11 heteroatoms. The van der Waals surface area contributed by atoms with Gasteiger partial charge in [-0.25, -0.2) is 4.39 Å². The van der Waals surface area contributed by atoms with Crippen LogP contribution in [0.15, 0.2) is 28.8 Å². The van der Waals surface area contributed by atoms with Crippen molar-refractivity contribution < 1.29 is 39.6 Å². The molecule has 0 atom stereocenters. The van der Waals surface area contributed by atoms with Gasteiger partial charge in [0.05, 0.1) is 0 Å². The molecule has 0 radical (unpaired) electrons. The third-order valence-corrected chi connectivity index (χ3v) is 2.55. The Hall–Kier alpha value is -2.20. The highest BCUT2D eigenvalue weighted by Crippen LogP contribution is 2.51. The third-order valence-electron chi connectivity index (χ3n) is 2.55. The van der Waals surface area contributed by atoms with Crippen LogP contribution in [-0.4, -0.2) is 22.2 Å². The first-order chi connectivity index (χ1) is 9.97. The zero-order valence-corrected chi connectivity index (χ0v) is 10.1. The minimum absolute atomic E-state index is 0.109. The Morgan fingerprint density at radius 1 is 0.864 bits per heavy atom. The van der Waals surface area contributed by atoms with Gasteiger partial charge in [-0.15, -0.1) is 0 Å². The predicted molar refractivity (Wildman–Crippen MR) is 54.6 cm³/mol. The van der Waals surface area contributed by atoms with Crippen LogP contribution >= 0.6 is 0 Å². The van der Waals surface area contributed by atoms with Crippen LogP contribution < -0.4 is 0 Å². The van der Waals surface area contributed by atoms with Crippen molar-refractivity contribution in [2.24, 2.45) is 0 Å². The lowest BCUT2D eigenvalue weighted by Crippen LogP contribution is -2.50. The number of rotatable bonds is 3. The van der Waals surface area contributed by atoms with E-state index >= 15 is 0 Å². The standard InChI is InChI=1S/C11H4F8N2O/c12-6-3-1-5(2-4-6)7-20-8(22-21-7)9(13,14)10(15,16)11(17,18)19/h1-4H. The van der Waals surface area contributed by atoms with Crippen molar-refractivity contribution in [1.82, 2.24) is 10.1 Å². The molecule has 0 unspecified atom stereocenters. The molecular weight excluding hydrogens is 328 g/mol. The normalized spacial score (nSPS) is 13.5. The quantitative estimate of drug-likeness (QED) is 0.792. The van der Waals surface area contributed by atoms with Crippen LogP contribution in [-0.2, 0) is 5.92 Å². The lowest BCUT2D eigenvalue weighted by molar-refractivity contribution is -0.364. The van der Waals surface area contributed by atoms with Crippen LogP contribution in [0.3, 0.4) is 0 Å². The van der Waals surface area contributed by atoms with Gasteiger partial charge >= 0.3 is 23.9 Å². The van der Waals surface area contributed by atoms with E-state index in [1.165, 1.54) is 0 Å². The van der Waals surface area contributed by atoms with Crippen molar-refractivity contribution >= 4 is 0 Å². The number of hydrogen-bond acceptors (Lipinski definition) is 3. The highest BCUT2D eigenvalue weighted by molar-refractivity contribution is 5.53. The zero-order chi connectivity index (χ0) is 16.8. The number of benzene rings is 1. The minimum Gasteiger partial charge on any atom is -0.332 e. The van der Waals surface area contributed by atoms with Crippen molar-refractivity contribution in [2.45, 2.75) is 18.0 Å². The number of alkyl halides is 7. The topological polar surface area (TPSA) is 38.9 Å². The van der Waals surface area contributed by atoms with Gasteiger partial charge in [-0.3, -0.25) is 0 Å². The van der Waals surface area contributed by atoms with Gasteiger partial charge in [0, 0.05) is 5.56 Å². The van der Waals surface area contributed by atoms with E-state index in [1.807, 2.05) is 0 Å². The second kappa shape index (κ2) is 4.92. The number of aromatic nitrogens is 2. The van der Waals surface area contributed by atoms with E-state index in [1.54, 1.807) is 0 Å². The average Bonchev–Trinajstić information content (AvgIpc) is 2.88. The van der Waals surface area contributed by atoms with Gasteiger partial charge in [-0.2, -0.15) is 35.7 Å². The SMILES string of the molecule is Fc1ccc(-c2noc(C(F)(F)C(F)(F)C(F)(F)F)n2)cc1. The maximum atomic E-state index is 13.3. The van der Waals surface area contributed by atoms with E-state index < -0.39 is 35.6 Å². The molecule has 3 nitrogen and oxygen atoms in total. The molecule has 120 valence electrons. The van der Waals surface area contributed by atoms with Crippen molar-refractivity contribution in [2.75, 3.05) is 0 Å². The Labute approximate surface area is 116 Å². The Bertz CT molecular complexity index is 661. The van der Waals surface area contributed by atoms with Gasteiger partial charge in [-0.1, -0.05) is 5.16 Å². The summed E-state index contributed by atoms with van der Waals surface area (Å²) in [4.78, 5) is 2.83. The maximum absolute atomic E-state index is 13.3. The Balaban J connectivity index is 2.40. The second-order valence-electron chi connectivity index (χ2n) is 4.08. The number of halogens is 8. The first-order valence-corrected chi connectivity index (χ1v) is 5.39. The molecule has 0 spiro atoms. The minimum atomic E-state index is -6.51. The molecule has 1 heterocycles. The molecule has 0 fully saturated rings. The van der Waals surface area contributed by atoms with E-state index in [4.69, 9.17) is 0 Å². The number of hydrogen-bond donors (Lipinski definition) is 0. The van der Waals surface area contributed by atoms with Crippen LogP contribution in [0.2, 0.25) is 0 Å². The molecule has 0 aliphatic heterocycles. The zero-order valence-electron chi connectivity index (χ0n) is 10.1. The smallest absolute Gasteiger partial charge is 0.332 e. The van der Waals surface area contributed by atoms with Gasteiger partial charge in [0.15, 0.2) is 0 Å². The van der Waals surface area contributed by atoms with Crippen molar-refractivity contribution in [3.05, 3.63) is 36.0 Å². The van der Waals surface area contributed by atoms with Crippen molar-refractivity contribution in [3.8, 4) is 11.4 Å². The molecule has 0 aliphatic carbocycles. The maximum Gasteiger partial charge on any atom is 0.460 e. The van der Waals surface area contributed by atoms with Crippen LogP contribution in [0.4, 0.5) is 35.1 Å². The average molecular weight is 332 g/mol. The van der Waals surface area contributed by atoms with Crippen molar-refractivity contribution in [1.29, 1.82) is 0 Å². The molecule has 22 heavy (non-hydrogen) atoms. The lowest BCUT2D eigenvalue weighted by atomic mass is 10.1.